The van der Waals surface area contributed by atoms with Gasteiger partial charge in [0.2, 0.25) is 5.91 Å². The van der Waals surface area contributed by atoms with Crippen molar-refractivity contribution in [3.05, 3.63) is 35.9 Å². The summed E-state index contributed by atoms with van der Waals surface area (Å²) >= 11 is 0. The second kappa shape index (κ2) is 7.17. The highest BCUT2D eigenvalue weighted by molar-refractivity contribution is 5.77. The molecule has 0 fully saturated rings. The summed E-state index contributed by atoms with van der Waals surface area (Å²) < 4.78 is 3.95. The van der Waals surface area contributed by atoms with Crippen LogP contribution in [0.25, 0.3) is 0 Å². The number of aryl methyl sites for hydroxylation is 1. The van der Waals surface area contributed by atoms with E-state index in [0.29, 0.717) is 6.54 Å². The van der Waals surface area contributed by atoms with Crippen molar-refractivity contribution >= 4 is 5.91 Å². The van der Waals surface area contributed by atoms with Gasteiger partial charge in [-0.1, -0.05) is 13.8 Å². The molecule has 2 aromatic rings. The number of hydrogen-bond donors (Lipinski definition) is 1. The van der Waals surface area contributed by atoms with Crippen molar-refractivity contribution in [2.75, 3.05) is 13.1 Å². The van der Waals surface area contributed by atoms with Gasteiger partial charge in [-0.05, 0) is 12.5 Å². The lowest BCUT2D eigenvalue weighted by atomic mass is 10.1. The van der Waals surface area contributed by atoms with Crippen molar-refractivity contribution in [3.8, 4) is 0 Å². The number of carbonyl (C=O) groups is 1. The molecule has 0 aromatic carbocycles. The first-order chi connectivity index (χ1) is 11.5. The van der Waals surface area contributed by atoms with Crippen LogP contribution >= 0.6 is 0 Å². The monoisotopic (exact) mass is 330 g/mol. The van der Waals surface area contributed by atoms with E-state index in [0.717, 1.165) is 26.1 Å². The Bertz CT molecular complexity index is 689. The minimum Gasteiger partial charge on any atom is -0.356 e. The second-order valence-corrected chi connectivity index (χ2v) is 6.85. The molecule has 1 amide bonds. The van der Waals surface area contributed by atoms with Gasteiger partial charge in [-0.3, -0.25) is 19.1 Å². The Morgan fingerprint density at radius 3 is 2.96 bits per heavy atom. The number of fused-ring (bicyclic) bond motifs is 1. The molecule has 1 aliphatic rings. The van der Waals surface area contributed by atoms with Crippen LogP contribution in [0.2, 0.25) is 0 Å². The zero-order chi connectivity index (χ0) is 17.1. The number of carbonyl (C=O) groups excluding carboxylic acids is 1. The first kappa shape index (κ1) is 16.7. The molecule has 7 heteroatoms. The summed E-state index contributed by atoms with van der Waals surface area (Å²) in [6.07, 6.45) is 6.73. The molecule has 0 spiro atoms. The fraction of sp³-hybridized carbons (Fsp3) is 0.588. The average molecular weight is 330 g/mol. The van der Waals surface area contributed by atoms with Gasteiger partial charge in [0.25, 0.3) is 0 Å². The minimum atomic E-state index is 0.0266. The van der Waals surface area contributed by atoms with Crippen LogP contribution in [-0.2, 0) is 24.9 Å². The van der Waals surface area contributed by atoms with Crippen LogP contribution < -0.4 is 5.32 Å². The third-order valence-corrected chi connectivity index (χ3v) is 4.42. The third-order valence-electron chi connectivity index (χ3n) is 4.42. The summed E-state index contributed by atoms with van der Waals surface area (Å²) in [5, 5.41) is 11.7. The van der Waals surface area contributed by atoms with Gasteiger partial charge in [-0.15, -0.1) is 0 Å². The zero-order valence-corrected chi connectivity index (χ0v) is 14.6. The van der Waals surface area contributed by atoms with E-state index < -0.39 is 0 Å². The zero-order valence-electron chi connectivity index (χ0n) is 14.6. The number of amides is 1. The van der Waals surface area contributed by atoms with Gasteiger partial charge in [-0.25, -0.2) is 0 Å². The van der Waals surface area contributed by atoms with Crippen LogP contribution in [0, 0.1) is 5.92 Å². The van der Waals surface area contributed by atoms with E-state index in [9.17, 15) is 4.79 Å². The van der Waals surface area contributed by atoms with E-state index in [1.807, 2.05) is 38.0 Å². The van der Waals surface area contributed by atoms with Crippen LogP contribution in [-0.4, -0.2) is 43.5 Å². The number of nitrogens with zero attached hydrogens (tertiary/aromatic N) is 5. The molecule has 0 unspecified atom stereocenters. The lowest BCUT2D eigenvalue weighted by Gasteiger charge is -2.33. The fourth-order valence-electron chi connectivity index (χ4n) is 3.18. The molecule has 2 aromatic heterocycles. The molecule has 3 rings (SSSR count). The molecular weight excluding hydrogens is 304 g/mol. The normalized spacial score (nSPS) is 17.9. The fourth-order valence-corrected chi connectivity index (χ4v) is 3.18. The maximum Gasteiger partial charge on any atom is 0.222 e. The predicted molar refractivity (Wildman–Crippen MR) is 91.1 cm³/mol. The maximum atomic E-state index is 11.7. The topological polar surface area (TPSA) is 68.0 Å². The Morgan fingerprint density at radius 2 is 2.25 bits per heavy atom. The lowest BCUT2D eigenvalue weighted by molar-refractivity contribution is -0.124. The smallest absolute Gasteiger partial charge is 0.222 e. The van der Waals surface area contributed by atoms with Gasteiger partial charge < -0.3 is 5.32 Å². The summed E-state index contributed by atoms with van der Waals surface area (Å²) in [7, 11) is 1.94. The molecule has 1 atom stereocenters. The number of nitrogens with one attached hydrogen (secondary N) is 1. The molecule has 1 N–H and O–H groups in total. The van der Waals surface area contributed by atoms with Crippen molar-refractivity contribution in [3.63, 3.8) is 0 Å². The van der Waals surface area contributed by atoms with Crippen molar-refractivity contribution in [2.45, 2.75) is 39.4 Å². The van der Waals surface area contributed by atoms with Gasteiger partial charge in [0.1, 0.15) is 0 Å². The largest absolute Gasteiger partial charge is 0.356 e. The van der Waals surface area contributed by atoms with E-state index in [4.69, 9.17) is 0 Å². The van der Waals surface area contributed by atoms with Crippen LogP contribution in [0.3, 0.4) is 0 Å². The highest BCUT2D eigenvalue weighted by Crippen LogP contribution is 2.24. The molecule has 1 aliphatic heterocycles. The van der Waals surface area contributed by atoms with E-state index >= 15 is 0 Å². The molecule has 0 aliphatic carbocycles. The van der Waals surface area contributed by atoms with Crippen LogP contribution in [0.1, 0.15) is 37.6 Å². The second-order valence-electron chi connectivity index (χ2n) is 6.85. The highest BCUT2D eigenvalue weighted by Gasteiger charge is 2.25. The molecule has 130 valence electrons. The molecule has 0 saturated heterocycles. The van der Waals surface area contributed by atoms with E-state index in [1.165, 1.54) is 11.3 Å². The lowest BCUT2D eigenvalue weighted by Crippen LogP contribution is -2.39. The molecular formula is C17H26N6O. The highest BCUT2D eigenvalue weighted by atomic mass is 16.1. The van der Waals surface area contributed by atoms with Gasteiger partial charge >= 0.3 is 0 Å². The quantitative estimate of drug-likeness (QED) is 0.868. The van der Waals surface area contributed by atoms with E-state index in [-0.39, 0.29) is 17.9 Å². The molecule has 7 nitrogen and oxygen atoms in total. The first-order valence-electron chi connectivity index (χ1n) is 8.53. The van der Waals surface area contributed by atoms with Gasteiger partial charge in [0.15, 0.2) is 0 Å². The summed E-state index contributed by atoms with van der Waals surface area (Å²) in [5.74, 6) is 0.136. The standard InChI is InChI=1S/C17H26N6O/c1-13(2)17(24)18-6-4-15-11-22(10-14-8-20-21(3)9-14)12-16-5-7-19-23(15)16/h5,7-9,13,15H,4,6,10-12H2,1-3H3,(H,18,24)/t15-/m0/s1. The summed E-state index contributed by atoms with van der Waals surface area (Å²) in [6.45, 7) is 7.22. The minimum absolute atomic E-state index is 0.0266. The average Bonchev–Trinajstić information content (AvgIpc) is 3.16. The van der Waals surface area contributed by atoms with Gasteiger partial charge in [-0.2, -0.15) is 10.2 Å². The van der Waals surface area contributed by atoms with Crippen LogP contribution in [0.5, 0.6) is 0 Å². The Kier molecular flexibility index (Phi) is 4.99. The molecule has 24 heavy (non-hydrogen) atoms. The van der Waals surface area contributed by atoms with Gasteiger partial charge in [0.05, 0.1) is 17.9 Å². The third kappa shape index (κ3) is 3.84. The summed E-state index contributed by atoms with van der Waals surface area (Å²) in [4.78, 5) is 14.2. The first-order valence-corrected chi connectivity index (χ1v) is 8.53. The van der Waals surface area contributed by atoms with Crippen molar-refractivity contribution in [1.82, 2.24) is 29.8 Å². The molecule has 0 bridgehead atoms. The Morgan fingerprint density at radius 1 is 1.42 bits per heavy atom. The van der Waals surface area contributed by atoms with E-state index in [1.54, 1.807) is 0 Å². The molecule has 0 saturated carbocycles. The number of rotatable bonds is 6. The predicted octanol–water partition coefficient (Wildman–Crippen LogP) is 1.34. The molecule has 0 radical (unpaired) electrons. The Labute approximate surface area is 142 Å². The SMILES string of the molecule is CC(C)C(=O)NCC[C@H]1CN(Cc2cnn(C)c2)Cc2ccnn21. The van der Waals surface area contributed by atoms with E-state index in [2.05, 4.69) is 37.4 Å². The van der Waals surface area contributed by atoms with Crippen LogP contribution in [0.4, 0.5) is 0 Å². The van der Waals surface area contributed by atoms with Crippen molar-refractivity contribution in [1.29, 1.82) is 0 Å². The molecule has 3 heterocycles. The summed E-state index contributed by atoms with van der Waals surface area (Å²) in [6, 6.07) is 2.36. The van der Waals surface area contributed by atoms with Crippen molar-refractivity contribution in [2.24, 2.45) is 13.0 Å². The van der Waals surface area contributed by atoms with Gasteiger partial charge in [0, 0.05) is 57.1 Å². The van der Waals surface area contributed by atoms with Crippen molar-refractivity contribution < 1.29 is 4.79 Å². The number of aromatic nitrogens is 4. The summed E-state index contributed by atoms with van der Waals surface area (Å²) in [5.41, 5.74) is 2.45. The Balaban J connectivity index is 1.62. The van der Waals surface area contributed by atoms with Crippen LogP contribution in [0.15, 0.2) is 24.7 Å². The number of hydrogen-bond acceptors (Lipinski definition) is 4. The maximum absolute atomic E-state index is 11.7. The Hall–Kier alpha value is -2.15.